The summed E-state index contributed by atoms with van der Waals surface area (Å²) in [7, 11) is -3.16. The third-order valence-electron chi connectivity index (χ3n) is 1.45. The Morgan fingerprint density at radius 1 is 1.44 bits per heavy atom. The molecule has 1 amide bonds. The Labute approximate surface area is 96.8 Å². The molecule has 0 aromatic heterocycles. The monoisotopic (exact) mass is 249 g/mol. The normalized spacial score (nSPS) is 11.9. The fourth-order valence-corrected chi connectivity index (χ4v) is 1.82. The molecule has 16 heavy (non-hydrogen) atoms. The molecule has 0 saturated heterocycles. The van der Waals surface area contributed by atoms with Gasteiger partial charge < -0.3 is 10.1 Å². The molecule has 0 saturated carbocycles. The highest BCUT2D eigenvalue weighted by atomic mass is 32.2. The second-order valence-corrected chi connectivity index (χ2v) is 6.56. The van der Waals surface area contributed by atoms with Crippen molar-refractivity contribution >= 4 is 15.9 Å². The van der Waals surface area contributed by atoms with Crippen LogP contribution < -0.4 is 5.32 Å². The molecular formula is C10H19NO4S. The Balaban J connectivity index is 3.92. The summed E-state index contributed by atoms with van der Waals surface area (Å²) in [5.74, 6) is -0.193. The van der Waals surface area contributed by atoms with Gasteiger partial charge in [0.25, 0.3) is 0 Å². The number of amides is 1. The first-order chi connectivity index (χ1) is 7.16. The van der Waals surface area contributed by atoms with Crippen LogP contribution in [0.25, 0.3) is 0 Å². The minimum Gasteiger partial charge on any atom is -0.444 e. The van der Waals surface area contributed by atoms with E-state index < -0.39 is 21.5 Å². The average Bonchev–Trinajstić information content (AvgIpc) is 1.99. The summed E-state index contributed by atoms with van der Waals surface area (Å²) in [6, 6.07) is 0. The maximum absolute atomic E-state index is 11.2. The maximum Gasteiger partial charge on any atom is 0.407 e. The number of sulfone groups is 1. The third-order valence-corrected chi connectivity index (χ3v) is 3.02. The van der Waals surface area contributed by atoms with Crippen molar-refractivity contribution in [3.8, 4) is 0 Å². The molecule has 0 heterocycles. The van der Waals surface area contributed by atoms with E-state index in [9.17, 15) is 13.2 Å². The summed E-state index contributed by atoms with van der Waals surface area (Å²) >= 11 is 0. The SMILES string of the molecule is C=CCS(=O)(=O)CCNC(=O)OC(C)(C)C. The zero-order valence-corrected chi connectivity index (χ0v) is 10.8. The van der Waals surface area contributed by atoms with Crippen LogP contribution in [0.3, 0.4) is 0 Å². The van der Waals surface area contributed by atoms with Gasteiger partial charge in [-0.3, -0.25) is 0 Å². The van der Waals surface area contributed by atoms with Crippen molar-refractivity contribution in [1.29, 1.82) is 0 Å². The van der Waals surface area contributed by atoms with Crippen molar-refractivity contribution < 1.29 is 17.9 Å². The topological polar surface area (TPSA) is 72.5 Å². The lowest BCUT2D eigenvalue weighted by Gasteiger charge is -2.19. The van der Waals surface area contributed by atoms with Gasteiger partial charge in [0.05, 0.1) is 11.5 Å². The minimum absolute atomic E-state index is 0.0467. The molecule has 0 unspecified atom stereocenters. The van der Waals surface area contributed by atoms with Crippen LogP contribution >= 0.6 is 0 Å². The molecule has 6 heteroatoms. The molecular weight excluding hydrogens is 230 g/mol. The molecule has 1 N–H and O–H groups in total. The third kappa shape index (κ3) is 8.28. The standard InChI is InChI=1S/C10H19NO4S/c1-5-7-16(13,14)8-6-11-9(12)15-10(2,3)4/h5H,1,6-8H2,2-4H3,(H,11,12). The van der Waals surface area contributed by atoms with Gasteiger partial charge in [0.15, 0.2) is 9.84 Å². The first kappa shape index (κ1) is 15.0. The van der Waals surface area contributed by atoms with Crippen molar-refractivity contribution in [1.82, 2.24) is 5.32 Å². The molecule has 0 aliphatic heterocycles. The summed E-state index contributed by atoms with van der Waals surface area (Å²) < 4.78 is 27.4. The van der Waals surface area contributed by atoms with Gasteiger partial charge in [0.1, 0.15) is 5.60 Å². The van der Waals surface area contributed by atoms with E-state index >= 15 is 0 Å². The van der Waals surface area contributed by atoms with Crippen LogP contribution in [0.2, 0.25) is 0 Å². The van der Waals surface area contributed by atoms with Crippen molar-refractivity contribution in [2.24, 2.45) is 0 Å². The summed E-state index contributed by atoms with van der Waals surface area (Å²) in [4.78, 5) is 11.2. The van der Waals surface area contributed by atoms with E-state index in [2.05, 4.69) is 11.9 Å². The van der Waals surface area contributed by atoms with E-state index in [0.717, 1.165) is 0 Å². The lowest BCUT2D eigenvalue weighted by Crippen LogP contribution is -2.35. The molecule has 0 atom stereocenters. The molecule has 0 radical (unpaired) electrons. The van der Waals surface area contributed by atoms with Crippen LogP contribution in [-0.4, -0.2) is 38.2 Å². The van der Waals surface area contributed by atoms with Gasteiger partial charge in [0, 0.05) is 6.54 Å². The molecule has 5 nitrogen and oxygen atoms in total. The maximum atomic E-state index is 11.2. The van der Waals surface area contributed by atoms with Crippen LogP contribution in [0.15, 0.2) is 12.7 Å². The lowest BCUT2D eigenvalue weighted by atomic mass is 10.2. The summed E-state index contributed by atoms with van der Waals surface area (Å²) in [6.07, 6.45) is 0.712. The summed E-state index contributed by atoms with van der Waals surface area (Å²) in [5.41, 5.74) is -0.579. The van der Waals surface area contributed by atoms with E-state index in [1.807, 2.05) is 0 Å². The Kier molecular flexibility index (Phi) is 5.50. The Hall–Kier alpha value is -1.04. The van der Waals surface area contributed by atoms with Gasteiger partial charge in [-0.05, 0) is 20.8 Å². The van der Waals surface area contributed by atoms with Gasteiger partial charge in [-0.15, -0.1) is 6.58 Å². The fourth-order valence-electron chi connectivity index (χ4n) is 0.886. The summed E-state index contributed by atoms with van der Waals surface area (Å²) in [5, 5.41) is 2.38. The zero-order chi connectivity index (χ0) is 12.8. The number of ether oxygens (including phenoxy) is 1. The molecule has 0 rings (SSSR count). The predicted octanol–water partition coefficient (Wildman–Crippen LogP) is 1.11. The van der Waals surface area contributed by atoms with Gasteiger partial charge in [0.2, 0.25) is 0 Å². The number of hydrogen-bond donors (Lipinski definition) is 1. The van der Waals surface area contributed by atoms with E-state index in [0.29, 0.717) is 0 Å². The quantitative estimate of drug-likeness (QED) is 0.741. The van der Waals surface area contributed by atoms with Crippen molar-refractivity contribution in [3.63, 3.8) is 0 Å². The van der Waals surface area contributed by atoms with Crippen LogP contribution in [0.1, 0.15) is 20.8 Å². The number of hydrogen-bond acceptors (Lipinski definition) is 4. The number of nitrogens with one attached hydrogen (secondary N) is 1. The highest BCUT2D eigenvalue weighted by molar-refractivity contribution is 7.91. The first-order valence-electron chi connectivity index (χ1n) is 4.94. The molecule has 0 aliphatic carbocycles. The van der Waals surface area contributed by atoms with Crippen LogP contribution in [-0.2, 0) is 14.6 Å². The van der Waals surface area contributed by atoms with Crippen molar-refractivity contribution in [3.05, 3.63) is 12.7 Å². The van der Waals surface area contributed by atoms with Crippen LogP contribution in [0, 0.1) is 0 Å². The highest BCUT2D eigenvalue weighted by Gasteiger charge is 2.16. The number of rotatable bonds is 5. The predicted molar refractivity (Wildman–Crippen MR) is 63.1 cm³/mol. The first-order valence-corrected chi connectivity index (χ1v) is 6.76. The van der Waals surface area contributed by atoms with E-state index in [1.165, 1.54) is 6.08 Å². The molecule has 0 aliphatic rings. The smallest absolute Gasteiger partial charge is 0.407 e. The molecule has 0 fully saturated rings. The Morgan fingerprint density at radius 3 is 2.44 bits per heavy atom. The summed E-state index contributed by atoms with van der Waals surface area (Å²) in [6.45, 7) is 8.60. The van der Waals surface area contributed by atoms with Gasteiger partial charge in [-0.1, -0.05) is 6.08 Å². The minimum atomic E-state index is -3.16. The van der Waals surface area contributed by atoms with Gasteiger partial charge in [-0.25, -0.2) is 13.2 Å². The number of carbonyl (C=O) groups is 1. The number of alkyl carbamates (subject to hydrolysis) is 1. The largest absolute Gasteiger partial charge is 0.444 e. The fraction of sp³-hybridized carbons (Fsp3) is 0.700. The lowest BCUT2D eigenvalue weighted by molar-refractivity contribution is 0.0531. The molecule has 0 aromatic rings. The molecule has 94 valence electrons. The number of carbonyl (C=O) groups excluding carboxylic acids is 1. The van der Waals surface area contributed by atoms with Crippen molar-refractivity contribution in [2.75, 3.05) is 18.1 Å². The Bertz CT molecular complexity index is 340. The average molecular weight is 249 g/mol. The van der Waals surface area contributed by atoms with Gasteiger partial charge in [-0.2, -0.15) is 0 Å². The van der Waals surface area contributed by atoms with Crippen molar-refractivity contribution in [2.45, 2.75) is 26.4 Å². The van der Waals surface area contributed by atoms with Crippen LogP contribution in [0.5, 0.6) is 0 Å². The van der Waals surface area contributed by atoms with E-state index in [1.54, 1.807) is 20.8 Å². The molecule has 0 bridgehead atoms. The van der Waals surface area contributed by atoms with E-state index in [4.69, 9.17) is 4.74 Å². The van der Waals surface area contributed by atoms with Gasteiger partial charge >= 0.3 is 6.09 Å². The molecule has 0 spiro atoms. The second kappa shape index (κ2) is 5.89. The van der Waals surface area contributed by atoms with E-state index in [-0.39, 0.29) is 18.1 Å². The molecule has 0 aromatic carbocycles. The zero-order valence-electron chi connectivity index (χ0n) is 9.95. The highest BCUT2D eigenvalue weighted by Crippen LogP contribution is 2.06. The second-order valence-electron chi connectivity index (χ2n) is 4.33. The van der Waals surface area contributed by atoms with Crippen LogP contribution in [0.4, 0.5) is 4.79 Å². The Morgan fingerprint density at radius 2 is 2.00 bits per heavy atom.